The first-order valence-electron chi connectivity index (χ1n) is 4.65. The zero-order valence-corrected chi connectivity index (χ0v) is 9.80. The fourth-order valence-corrected chi connectivity index (χ4v) is 1.39. The molecule has 0 aliphatic rings. The topological polar surface area (TPSA) is 89.3 Å². The molecule has 3 N–H and O–H groups in total. The lowest BCUT2D eigenvalue weighted by molar-refractivity contribution is -0.150. The van der Waals surface area contributed by atoms with Crippen molar-refractivity contribution in [1.82, 2.24) is 5.43 Å². The van der Waals surface area contributed by atoms with Crippen molar-refractivity contribution in [2.45, 2.75) is 34.6 Å². The monoisotopic (exact) mass is 214 g/mol. The van der Waals surface area contributed by atoms with E-state index < -0.39 is 22.5 Å². The molecule has 0 aromatic heterocycles. The lowest BCUT2D eigenvalue weighted by Gasteiger charge is -2.28. The van der Waals surface area contributed by atoms with E-state index in [0.717, 1.165) is 0 Å². The molecule has 0 bridgehead atoms. The van der Waals surface area contributed by atoms with Crippen LogP contribution < -0.4 is 11.3 Å². The van der Waals surface area contributed by atoms with Crippen LogP contribution in [0.15, 0.2) is 0 Å². The number of rotatable bonds is 3. The van der Waals surface area contributed by atoms with Crippen molar-refractivity contribution in [2.24, 2.45) is 16.7 Å². The number of carbonyl (C=O) groups excluding carboxylic acids is 3. The third-order valence-electron chi connectivity index (χ3n) is 2.15. The second-order valence-electron chi connectivity index (χ2n) is 5.01. The standard InChI is InChI=1S/C10H18N2O3/c1-9(2,3)8(15)10(4,5)6(13)7(14)12-11/h11H2,1-5H3,(H,12,14). The van der Waals surface area contributed by atoms with Crippen LogP contribution in [0.4, 0.5) is 0 Å². The number of hydrogen-bond acceptors (Lipinski definition) is 4. The highest BCUT2D eigenvalue weighted by Crippen LogP contribution is 2.29. The quantitative estimate of drug-likeness (QED) is 0.231. The van der Waals surface area contributed by atoms with Crippen molar-refractivity contribution in [3.63, 3.8) is 0 Å². The van der Waals surface area contributed by atoms with Crippen LogP contribution >= 0.6 is 0 Å². The SMILES string of the molecule is CC(C)(C)C(=O)C(C)(C)C(=O)C(=O)NN. The van der Waals surface area contributed by atoms with Crippen molar-refractivity contribution in [3.05, 3.63) is 0 Å². The molecule has 0 atom stereocenters. The zero-order valence-electron chi connectivity index (χ0n) is 9.80. The molecule has 0 radical (unpaired) electrons. The number of Topliss-reactive ketones (excluding diaryl/α,β-unsaturated/α-hetero) is 2. The first-order valence-corrected chi connectivity index (χ1v) is 4.65. The number of nitrogens with two attached hydrogens (primary N) is 1. The van der Waals surface area contributed by atoms with E-state index in [1.54, 1.807) is 26.2 Å². The Balaban J connectivity index is 5.07. The molecule has 5 heteroatoms. The van der Waals surface area contributed by atoms with Gasteiger partial charge in [0, 0.05) is 5.41 Å². The molecule has 5 nitrogen and oxygen atoms in total. The van der Waals surface area contributed by atoms with Crippen molar-refractivity contribution in [2.75, 3.05) is 0 Å². The summed E-state index contributed by atoms with van der Waals surface area (Å²) >= 11 is 0. The fraction of sp³-hybridized carbons (Fsp3) is 0.700. The molecule has 0 rings (SSSR count). The van der Waals surface area contributed by atoms with E-state index in [1.165, 1.54) is 13.8 Å². The molecule has 0 heterocycles. The lowest BCUT2D eigenvalue weighted by atomic mass is 9.72. The molecule has 0 unspecified atom stereocenters. The number of ketones is 2. The Labute approximate surface area is 89.4 Å². The van der Waals surface area contributed by atoms with Gasteiger partial charge in [-0.05, 0) is 13.8 Å². The van der Waals surface area contributed by atoms with Gasteiger partial charge < -0.3 is 0 Å². The van der Waals surface area contributed by atoms with Gasteiger partial charge in [0.15, 0.2) is 5.78 Å². The Morgan fingerprint density at radius 2 is 1.40 bits per heavy atom. The largest absolute Gasteiger partial charge is 0.302 e. The van der Waals surface area contributed by atoms with Crippen LogP contribution in [-0.4, -0.2) is 17.5 Å². The molecule has 86 valence electrons. The molecule has 1 amide bonds. The highest BCUT2D eigenvalue weighted by atomic mass is 16.2. The van der Waals surface area contributed by atoms with Crippen LogP contribution in [0, 0.1) is 10.8 Å². The van der Waals surface area contributed by atoms with Gasteiger partial charge in [-0.2, -0.15) is 0 Å². The first-order chi connectivity index (χ1) is 6.55. The van der Waals surface area contributed by atoms with Gasteiger partial charge in [0.25, 0.3) is 0 Å². The van der Waals surface area contributed by atoms with E-state index in [9.17, 15) is 14.4 Å². The second-order valence-corrected chi connectivity index (χ2v) is 5.01. The molecule has 0 aromatic rings. The summed E-state index contributed by atoms with van der Waals surface area (Å²) in [6.45, 7) is 7.95. The summed E-state index contributed by atoms with van der Waals surface area (Å²) in [7, 11) is 0. The third-order valence-corrected chi connectivity index (χ3v) is 2.15. The molecule has 0 spiro atoms. The van der Waals surface area contributed by atoms with Crippen LogP contribution in [0.3, 0.4) is 0 Å². The van der Waals surface area contributed by atoms with Crippen LogP contribution in [-0.2, 0) is 14.4 Å². The van der Waals surface area contributed by atoms with Gasteiger partial charge in [-0.3, -0.25) is 19.8 Å². The van der Waals surface area contributed by atoms with Crippen LogP contribution in [0.1, 0.15) is 34.6 Å². The molecule has 0 saturated carbocycles. The highest BCUT2D eigenvalue weighted by molar-refractivity contribution is 6.42. The number of hydrogen-bond donors (Lipinski definition) is 2. The minimum atomic E-state index is -1.35. The summed E-state index contributed by atoms with van der Waals surface area (Å²) in [5, 5.41) is 0. The van der Waals surface area contributed by atoms with Crippen molar-refractivity contribution >= 4 is 17.5 Å². The highest BCUT2D eigenvalue weighted by Gasteiger charge is 2.44. The molecule has 0 fully saturated rings. The van der Waals surface area contributed by atoms with E-state index in [-0.39, 0.29) is 5.78 Å². The summed E-state index contributed by atoms with van der Waals surface area (Å²) in [5.74, 6) is 2.80. The molecule has 0 aromatic carbocycles. The molecular formula is C10H18N2O3. The predicted octanol–water partition coefficient (Wildman–Crippen LogP) is 0.187. The van der Waals surface area contributed by atoms with Gasteiger partial charge >= 0.3 is 5.91 Å². The fourth-order valence-electron chi connectivity index (χ4n) is 1.39. The van der Waals surface area contributed by atoms with E-state index in [2.05, 4.69) is 0 Å². The average molecular weight is 214 g/mol. The van der Waals surface area contributed by atoms with Crippen LogP contribution in [0.25, 0.3) is 0 Å². The van der Waals surface area contributed by atoms with E-state index >= 15 is 0 Å². The summed E-state index contributed by atoms with van der Waals surface area (Å²) in [5.41, 5.74) is -0.282. The normalized spacial score (nSPS) is 12.1. The number of carbonyl (C=O) groups is 3. The van der Waals surface area contributed by atoms with Gasteiger partial charge in [-0.25, -0.2) is 5.84 Å². The van der Waals surface area contributed by atoms with E-state index in [4.69, 9.17) is 5.84 Å². The summed E-state index contributed by atoms with van der Waals surface area (Å²) in [6.07, 6.45) is 0. The average Bonchev–Trinajstić information content (AvgIpc) is 2.12. The Kier molecular flexibility index (Phi) is 3.76. The Morgan fingerprint density at radius 3 is 1.67 bits per heavy atom. The van der Waals surface area contributed by atoms with Crippen LogP contribution in [0.5, 0.6) is 0 Å². The number of nitrogens with one attached hydrogen (secondary N) is 1. The van der Waals surface area contributed by atoms with Crippen LogP contribution in [0.2, 0.25) is 0 Å². The smallest absolute Gasteiger partial charge is 0.298 e. The third kappa shape index (κ3) is 2.86. The maximum Gasteiger partial charge on any atom is 0.302 e. The molecule has 0 aliphatic carbocycles. The minimum Gasteiger partial charge on any atom is -0.298 e. The maximum absolute atomic E-state index is 11.9. The summed E-state index contributed by atoms with van der Waals surface area (Å²) < 4.78 is 0. The second kappa shape index (κ2) is 4.10. The maximum atomic E-state index is 11.9. The first kappa shape index (κ1) is 13.8. The summed E-state index contributed by atoms with van der Waals surface area (Å²) in [6, 6.07) is 0. The predicted molar refractivity (Wildman–Crippen MR) is 55.6 cm³/mol. The molecule has 15 heavy (non-hydrogen) atoms. The van der Waals surface area contributed by atoms with E-state index in [1.807, 2.05) is 0 Å². The molecular weight excluding hydrogens is 196 g/mol. The van der Waals surface area contributed by atoms with Gasteiger partial charge in [0.2, 0.25) is 5.78 Å². The molecule has 0 saturated heterocycles. The summed E-state index contributed by atoms with van der Waals surface area (Å²) in [4.78, 5) is 34.5. The van der Waals surface area contributed by atoms with Crippen molar-refractivity contribution in [1.29, 1.82) is 0 Å². The van der Waals surface area contributed by atoms with Gasteiger partial charge in [0.1, 0.15) is 0 Å². The van der Waals surface area contributed by atoms with Gasteiger partial charge in [-0.15, -0.1) is 0 Å². The molecule has 0 aliphatic heterocycles. The van der Waals surface area contributed by atoms with Gasteiger partial charge in [0.05, 0.1) is 5.41 Å². The minimum absolute atomic E-state index is 0.288. The van der Waals surface area contributed by atoms with Crippen molar-refractivity contribution in [3.8, 4) is 0 Å². The number of hydrazine groups is 1. The Bertz CT molecular complexity index is 300. The Hall–Kier alpha value is -1.23. The lowest BCUT2D eigenvalue weighted by Crippen LogP contribution is -2.49. The Morgan fingerprint density at radius 1 is 1.00 bits per heavy atom. The number of amides is 1. The van der Waals surface area contributed by atoms with Gasteiger partial charge in [-0.1, -0.05) is 20.8 Å². The van der Waals surface area contributed by atoms with Crippen molar-refractivity contribution < 1.29 is 14.4 Å². The van der Waals surface area contributed by atoms with E-state index in [0.29, 0.717) is 0 Å². The zero-order chi connectivity index (χ0) is 12.4.